The van der Waals surface area contributed by atoms with Gasteiger partial charge in [-0.05, 0) is 44.9 Å². The van der Waals surface area contributed by atoms with Crippen molar-refractivity contribution in [1.29, 1.82) is 0 Å². The molecule has 0 spiro atoms. The molecule has 2 aromatic rings. The number of aryl methyl sites for hydroxylation is 1. The van der Waals surface area contributed by atoms with Gasteiger partial charge in [-0.15, -0.1) is 11.6 Å². The topological polar surface area (TPSA) is 24.9 Å². The fourth-order valence-electron chi connectivity index (χ4n) is 2.40. The molecule has 2 nitrogen and oxygen atoms in total. The Morgan fingerprint density at radius 1 is 1.26 bits per heavy atom. The van der Waals surface area contributed by atoms with Crippen molar-refractivity contribution in [3.05, 3.63) is 41.6 Å². The molecular weight excluding hydrogens is 256 g/mol. The number of pyridine rings is 1. The highest BCUT2D eigenvalue weighted by molar-refractivity contribution is 6.20. The smallest absolute Gasteiger partial charge is 0.0708 e. The van der Waals surface area contributed by atoms with Gasteiger partial charge < -0.3 is 5.32 Å². The molecule has 19 heavy (non-hydrogen) atoms. The SMILES string of the molecule is Cc1cc(CNC(C)CC(C)Cl)c2ccccc2n1. The number of para-hydroxylation sites is 1. The zero-order valence-electron chi connectivity index (χ0n) is 11.8. The van der Waals surface area contributed by atoms with E-state index in [2.05, 4.69) is 41.5 Å². The van der Waals surface area contributed by atoms with Crippen molar-refractivity contribution >= 4 is 22.5 Å². The van der Waals surface area contributed by atoms with Crippen LogP contribution in [0.15, 0.2) is 30.3 Å². The van der Waals surface area contributed by atoms with Crippen molar-refractivity contribution < 1.29 is 0 Å². The van der Waals surface area contributed by atoms with Crippen molar-refractivity contribution in [3.63, 3.8) is 0 Å². The van der Waals surface area contributed by atoms with E-state index in [1.807, 2.05) is 19.9 Å². The zero-order valence-corrected chi connectivity index (χ0v) is 12.5. The molecule has 1 aromatic carbocycles. The predicted molar refractivity (Wildman–Crippen MR) is 82.7 cm³/mol. The summed E-state index contributed by atoms with van der Waals surface area (Å²) < 4.78 is 0. The van der Waals surface area contributed by atoms with Crippen molar-refractivity contribution in [2.24, 2.45) is 0 Å². The van der Waals surface area contributed by atoms with Crippen LogP contribution in [0.25, 0.3) is 10.9 Å². The summed E-state index contributed by atoms with van der Waals surface area (Å²) in [6.07, 6.45) is 0.976. The molecule has 0 aliphatic carbocycles. The van der Waals surface area contributed by atoms with Gasteiger partial charge in [0.05, 0.1) is 5.52 Å². The van der Waals surface area contributed by atoms with Crippen LogP contribution in [0.2, 0.25) is 0 Å². The first-order valence-corrected chi connectivity index (χ1v) is 7.22. The average molecular weight is 277 g/mol. The molecule has 1 heterocycles. The molecule has 0 radical (unpaired) electrons. The summed E-state index contributed by atoms with van der Waals surface area (Å²) in [4.78, 5) is 4.56. The Kier molecular flexibility index (Phi) is 4.78. The molecule has 1 aromatic heterocycles. The summed E-state index contributed by atoms with van der Waals surface area (Å²) in [6, 6.07) is 10.9. The van der Waals surface area contributed by atoms with E-state index >= 15 is 0 Å². The van der Waals surface area contributed by atoms with Gasteiger partial charge in [0.15, 0.2) is 0 Å². The van der Waals surface area contributed by atoms with Gasteiger partial charge in [-0.2, -0.15) is 0 Å². The van der Waals surface area contributed by atoms with Crippen LogP contribution >= 0.6 is 11.6 Å². The maximum Gasteiger partial charge on any atom is 0.0708 e. The van der Waals surface area contributed by atoms with Crippen LogP contribution in [0, 0.1) is 6.92 Å². The fourth-order valence-corrected chi connectivity index (χ4v) is 2.66. The van der Waals surface area contributed by atoms with Gasteiger partial charge in [0, 0.05) is 29.0 Å². The van der Waals surface area contributed by atoms with Gasteiger partial charge >= 0.3 is 0 Å². The number of aromatic nitrogens is 1. The summed E-state index contributed by atoms with van der Waals surface area (Å²) in [5, 5.41) is 4.97. The lowest BCUT2D eigenvalue weighted by atomic mass is 10.1. The third-order valence-corrected chi connectivity index (χ3v) is 3.43. The summed E-state index contributed by atoms with van der Waals surface area (Å²) in [6.45, 7) is 7.11. The van der Waals surface area contributed by atoms with Crippen molar-refractivity contribution in [2.75, 3.05) is 0 Å². The number of hydrogen-bond acceptors (Lipinski definition) is 2. The Labute approximate surface area is 120 Å². The maximum absolute atomic E-state index is 6.02. The lowest BCUT2D eigenvalue weighted by Gasteiger charge is -2.16. The van der Waals surface area contributed by atoms with Crippen LogP contribution in [0.4, 0.5) is 0 Å². The Morgan fingerprint density at radius 3 is 2.74 bits per heavy atom. The molecule has 0 aliphatic rings. The van der Waals surface area contributed by atoms with Gasteiger partial charge in [0.25, 0.3) is 0 Å². The van der Waals surface area contributed by atoms with Gasteiger partial charge in [0.1, 0.15) is 0 Å². The number of nitrogens with zero attached hydrogens (tertiary/aromatic N) is 1. The Hall–Kier alpha value is -1.12. The van der Waals surface area contributed by atoms with Crippen LogP contribution in [-0.4, -0.2) is 16.4 Å². The van der Waals surface area contributed by atoms with E-state index in [0.29, 0.717) is 6.04 Å². The van der Waals surface area contributed by atoms with Crippen LogP contribution in [0.1, 0.15) is 31.5 Å². The molecule has 0 fully saturated rings. The normalized spacial score (nSPS) is 14.5. The van der Waals surface area contributed by atoms with E-state index in [9.17, 15) is 0 Å². The lowest BCUT2D eigenvalue weighted by Crippen LogP contribution is -2.27. The molecular formula is C16H21ClN2. The quantitative estimate of drug-likeness (QED) is 0.834. The molecule has 2 rings (SSSR count). The predicted octanol–water partition coefficient (Wildman–Crippen LogP) is 4.04. The minimum absolute atomic E-state index is 0.207. The fraction of sp³-hybridized carbons (Fsp3) is 0.438. The number of hydrogen-bond donors (Lipinski definition) is 1. The summed E-state index contributed by atoms with van der Waals surface area (Å²) >= 11 is 6.02. The number of fused-ring (bicyclic) bond motifs is 1. The molecule has 0 amide bonds. The van der Waals surface area contributed by atoms with Gasteiger partial charge in [-0.3, -0.25) is 4.98 Å². The molecule has 0 aliphatic heterocycles. The summed E-state index contributed by atoms with van der Waals surface area (Å²) in [5.74, 6) is 0. The zero-order chi connectivity index (χ0) is 13.8. The highest BCUT2D eigenvalue weighted by Gasteiger charge is 2.08. The van der Waals surface area contributed by atoms with Gasteiger partial charge in [0.2, 0.25) is 0 Å². The van der Waals surface area contributed by atoms with Crippen LogP contribution in [0.3, 0.4) is 0 Å². The van der Waals surface area contributed by atoms with Crippen LogP contribution < -0.4 is 5.32 Å². The first kappa shape index (κ1) is 14.3. The highest BCUT2D eigenvalue weighted by Crippen LogP contribution is 2.18. The molecule has 1 N–H and O–H groups in total. The summed E-state index contributed by atoms with van der Waals surface area (Å²) in [7, 11) is 0. The first-order chi connectivity index (χ1) is 9.06. The monoisotopic (exact) mass is 276 g/mol. The number of rotatable bonds is 5. The standard InChI is InChI=1S/C16H21ClN2/c1-11(17)8-12(2)18-10-14-9-13(3)19-16-7-5-4-6-15(14)16/h4-7,9,11-12,18H,8,10H2,1-3H3. The number of halogens is 1. The maximum atomic E-state index is 6.02. The van der Waals surface area contributed by atoms with Gasteiger partial charge in [-0.25, -0.2) is 0 Å². The second kappa shape index (κ2) is 6.36. The van der Waals surface area contributed by atoms with E-state index < -0.39 is 0 Å². The van der Waals surface area contributed by atoms with E-state index in [-0.39, 0.29) is 5.38 Å². The first-order valence-electron chi connectivity index (χ1n) is 6.79. The molecule has 0 bridgehead atoms. The van der Waals surface area contributed by atoms with Crippen LogP contribution in [0.5, 0.6) is 0 Å². The number of benzene rings is 1. The number of alkyl halides is 1. The van der Waals surface area contributed by atoms with Gasteiger partial charge in [-0.1, -0.05) is 18.2 Å². The van der Waals surface area contributed by atoms with E-state index in [1.54, 1.807) is 0 Å². The van der Waals surface area contributed by atoms with E-state index in [4.69, 9.17) is 11.6 Å². The van der Waals surface area contributed by atoms with Crippen molar-refractivity contribution in [1.82, 2.24) is 10.3 Å². The Morgan fingerprint density at radius 2 is 2.00 bits per heavy atom. The van der Waals surface area contributed by atoms with Crippen LogP contribution in [-0.2, 0) is 6.54 Å². The van der Waals surface area contributed by atoms with E-state index in [0.717, 1.165) is 24.2 Å². The molecule has 2 atom stereocenters. The lowest BCUT2D eigenvalue weighted by molar-refractivity contribution is 0.512. The second-order valence-corrected chi connectivity index (χ2v) is 5.98. The third kappa shape index (κ3) is 3.92. The molecule has 102 valence electrons. The Bertz CT molecular complexity index is 551. The highest BCUT2D eigenvalue weighted by atomic mass is 35.5. The number of nitrogens with one attached hydrogen (secondary N) is 1. The third-order valence-electron chi connectivity index (χ3n) is 3.25. The molecule has 0 saturated carbocycles. The second-order valence-electron chi connectivity index (χ2n) is 5.24. The minimum atomic E-state index is 0.207. The van der Waals surface area contributed by atoms with Crippen molar-refractivity contribution in [2.45, 2.75) is 45.2 Å². The Balaban J connectivity index is 2.16. The summed E-state index contributed by atoms with van der Waals surface area (Å²) in [5.41, 5.74) is 3.43. The molecule has 0 saturated heterocycles. The largest absolute Gasteiger partial charge is 0.310 e. The van der Waals surface area contributed by atoms with Crippen molar-refractivity contribution in [3.8, 4) is 0 Å². The van der Waals surface area contributed by atoms with E-state index in [1.165, 1.54) is 10.9 Å². The molecule has 3 heteroatoms. The molecule has 2 unspecified atom stereocenters. The average Bonchev–Trinajstić information content (AvgIpc) is 2.35. The minimum Gasteiger partial charge on any atom is -0.310 e.